The Morgan fingerprint density at radius 2 is 2.04 bits per heavy atom. The topological polar surface area (TPSA) is 58.5 Å². The highest BCUT2D eigenvalue weighted by Gasteiger charge is 2.31. The van der Waals surface area contributed by atoms with Gasteiger partial charge in [0.05, 0.1) is 12.1 Å². The summed E-state index contributed by atoms with van der Waals surface area (Å²) in [6.45, 7) is 3.49. The van der Waals surface area contributed by atoms with Crippen molar-refractivity contribution < 1.29 is 17.9 Å². The van der Waals surface area contributed by atoms with E-state index in [4.69, 9.17) is 16.3 Å². The van der Waals surface area contributed by atoms with E-state index in [0.717, 1.165) is 25.5 Å². The predicted octanol–water partition coefficient (Wildman–Crippen LogP) is 3.10. The van der Waals surface area contributed by atoms with E-state index in [0.29, 0.717) is 18.7 Å². The zero-order valence-electron chi connectivity index (χ0n) is 13.0. The van der Waals surface area contributed by atoms with E-state index < -0.39 is 11.7 Å². The van der Waals surface area contributed by atoms with Gasteiger partial charge in [-0.25, -0.2) is 4.98 Å². The lowest BCUT2D eigenvalue weighted by molar-refractivity contribution is -0.137. The summed E-state index contributed by atoms with van der Waals surface area (Å²) in [5, 5.41) is 5.96. The Hall–Kier alpha value is -1.70. The highest BCUT2D eigenvalue weighted by Crippen LogP contribution is 2.32. The fourth-order valence-electron chi connectivity index (χ4n) is 1.61. The Kier molecular flexibility index (Phi) is 7.94. The van der Waals surface area contributed by atoms with Crippen molar-refractivity contribution in [3.05, 3.63) is 22.8 Å². The maximum Gasteiger partial charge on any atom is 0.417 e. The zero-order valence-corrected chi connectivity index (χ0v) is 13.8. The van der Waals surface area contributed by atoms with Crippen LogP contribution in [0.5, 0.6) is 5.88 Å². The van der Waals surface area contributed by atoms with Crippen LogP contribution < -0.4 is 15.4 Å². The van der Waals surface area contributed by atoms with Gasteiger partial charge in [-0.15, -0.1) is 0 Å². The van der Waals surface area contributed by atoms with Gasteiger partial charge in [-0.2, -0.15) is 13.2 Å². The number of hydrogen-bond donors (Lipinski definition) is 2. The number of rotatable bonds is 7. The first-order valence-electron chi connectivity index (χ1n) is 7.18. The Labute approximate surface area is 138 Å². The van der Waals surface area contributed by atoms with Gasteiger partial charge in [-0.1, -0.05) is 24.9 Å². The third-order valence-electron chi connectivity index (χ3n) is 2.81. The Bertz CT molecular complexity index is 523. The van der Waals surface area contributed by atoms with Gasteiger partial charge < -0.3 is 15.4 Å². The lowest BCUT2D eigenvalue weighted by Gasteiger charge is -2.13. The number of aromatic nitrogens is 1. The summed E-state index contributed by atoms with van der Waals surface area (Å²) in [4.78, 5) is 7.63. The number of nitrogens with one attached hydrogen (secondary N) is 2. The van der Waals surface area contributed by atoms with Gasteiger partial charge in [0.1, 0.15) is 11.6 Å². The summed E-state index contributed by atoms with van der Waals surface area (Å²) in [6.07, 6.45) is -1.68. The third kappa shape index (κ3) is 6.94. The zero-order chi connectivity index (χ0) is 17.3. The van der Waals surface area contributed by atoms with Crippen molar-refractivity contribution in [3.8, 4) is 5.88 Å². The van der Waals surface area contributed by atoms with Gasteiger partial charge in [-0.05, 0) is 12.5 Å². The van der Waals surface area contributed by atoms with Crippen LogP contribution in [0.2, 0.25) is 5.02 Å². The lowest BCUT2D eigenvalue weighted by Crippen LogP contribution is -2.39. The molecule has 0 aliphatic rings. The fraction of sp³-hybridized carbons (Fsp3) is 0.571. The second-order valence-electron chi connectivity index (χ2n) is 4.64. The molecule has 130 valence electrons. The molecule has 1 aromatic rings. The van der Waals surface area contributed by atoms with Gasteiger partial charge in [0, 0.05) is 19.8 Å². The SMILES string of the molecule is CCCCNC(=NC)NCCOc1ncc(C(F)(F)F)cc1Cl. The van der Waals surface area contributed by atoms with E-state index in [9.17, 15) is 13.2 Å². The van der Waals surface area contributed by atoms with Gasteiger partial charge >= 0.3 is 6.18 Å². The molecule has 0 radical (unpaired) electrons. The summed E-state index contributed by atoms with van der Waals surface area (Å²) in [7, 11) is 1.65. The number of aliphatic imine (C=N–C) groups is 1. The van der Waals surface area contributed by atoms with Crippen LogP contribution in [0.15, 0.2) is 17.3 Å². The highest BCUT2D eigenvalue weighted by atomic mass is 35.5. The standard InChI is InChI=1S/C14H20ClF3N4O/c1-3-4-5-20-13(19-2)21-6-7-23-12-11(15)8-10(9-22-12)14(16,17)18/h8-9H,3-7H2,1-2H3,(H2,19,20,21). The van der Waals surface area contributed by atoms with Crippen LogP contribution in [0.3, 0.4) is 0 Å². The fourth-order valence-corrected chi connectivity index (χ4v) is 1.83. The summed E-state index contributed by atoms with van der Waals surface area (Å²) in [5.41, 5.74) is -0.909. The first kappa shape index (κ1) is 19.3. The van der Waals surface area contributed by atoms with Gasteiger partial charge in [0.2, 0.25) is 5.88 Å². The summed E-state index contributed by atoms with van der Waals surface area (Å²) in [5.74, 6) is 0.601. The summed E-state index contributed by atoms with van der Waals surface area (Å²) < 4.78 is 42.7. The predicted molar refractivity (Wildman–Crippen MR) is 84.0 cm³/mol. The number of halogens is 4. The van der Waals surface area contributed by atoms with Crippen LogP contribution in [-0.2, 0) is 6.18 Å². The number of unbranched alkanes of at least 4 members (excludes halogenated alkanes) is 1. The minimum atomic E-state index is -4.48. The molecule has 0 saturated carbocycles. The number of ether oxygens (including phenoxy) is 1. The molecule has 0 atom stereocenters. The van der Waals surface area contributed by atoms with Crippen molar-refractivity contribution in [2.24, 2.45) is 4.99 Å². The van der Waals surface area contributed by atoms with Crippen molar-refractivity contribution >= 4 is 17.6 Å². The summed E-state index contributed by atoms with van der Waals surface area (Å²) in [6, 6.07) is 0.794. The number of guanidine groups is 1. The molecule has 0 fully saturated rings. The molecular formula is C14H20ClF3N4O. The maximum absolute atomic E-state index is 12.5. The molecule has 1 rings (SSSR count). The van der Waals surface area contributed by atoms with E-state index in [1.54, 1.807) is 7.05 Å². The van der Waals surface area contributed by atoms with Crippen molar-refractivity contribution in [1.82, 2.24) is 15.6 Å². The average Bonchev–Trinajstić information content (AvgIpc) is 2.50. The average molecular weight is 353 g/mol. The number of hydrogen-bond acceptors (Lipinski definition) is 3. The second kappa shape index (κ2) is 9.44. The molecular weight excluding hydrogens is 333 g/mol. The van der Waals surface area contributed by atoms with E-state index >= 15 is 0 Å². The molecule has 2 N–H and O–H groups in total. The van der Waals surface area contributed by atoms with Crippen LogP contribution in [0.25, 0.3) is 0 Å². The van der Waals surface area contributed by atoms with Crippen LogP contribution in [0.4, 0.5) is 13.2 Å². The van der Waals surface area contributed by atoms with Crippen molar-refractivity contribution in [2.45, 2.75) is 25.9 Å². The minimum Gasteiger partial charge on any atom is -0.475 e. The monoisotopic (exact) mass is 352 g/mol. The smallest absolute Gasteiger partial charge is 0.417 e. The summed E-state index contributed by atoms with van der Waals surface area (Å²) >= 11 is 5.74. The quantitative estimate of drug-likeness (QED) is 0.450. The van der Waals surface area contributed by atoms with Crippen LogP contribution in [-0.4, -0.2) is 37.7 Å². The van der Waals surface area contributed by atoms with Crippen molar-refractivity contribution in [3.63, 3.8) is 0 Å². The van der Waals surface area contributed by atoms with Crippen LogP contribution in [0, 0.1) is 0 Å². The van der Waals surface area contributed by atoms with E-state index in [-0.39, 0.29) is 17.5 Å². The van der Waals surface area contributed by atoms with Gasteiger partial charge in [-0.3, -0.25) is 4.99 Å². The molecule has 0 amide bonds. The third-order valence-corrected chi connectivity index (χ3v) is 3.09. The molecule has 0 bridgehead atoms. The first-order valence-corrected chi connectivity index (χ1v) is 7.56. The Morgan fingerprint density at radius 1 is 1.35 bits per heavy atom. The van der Waals surface area contributed by atoms with E-state index in [1.807, 2.05) is 0 Å². The normalized spacial score (nSPS) is 12.2. The molecule has 1 heterocycles. The van der Waals surface area contributed by atoms with E-state index in [1.165, 1.54) is 0 Å². The molecule has 0 aliphatic heterocycles. The number of nitrogens with zero attached hydrogens (tertiary/aromatic N) is 2. The van der Waals surface area contributed by atoms with Crippen molar-refractivity contribution in [1.29, 1.82) is 0 Å². The Morgan fingerprint density at radius 3 is 2.61 bits per heavy atom. The molecule has 0 spiro atoms. The molecule has 0 saturated heterocycles. The van der Waals surface area contributed by atoms with Gasteiger partial charge in [0.25, 0.3) is 0 Å². The molecule has 0 aromatic carbocycles. The van der Waals surface area contributed by atoms with Crippen molar-refractivity contribution in [2.75, 3.05) is 26.7 Å². The molecule has 1 aromatic heterocycles. The molecule has 0 aliphatic carbocycles. The number of alkyl halides is 3. The van der Waals surface area contributed by atoms with Crippen LogP contribution >= 0.6 is 11.6 Å². The second-order valence-corrected chi connectivity index (χ2v) is 5.04. The maximum atomic E-state index is 12.5. The first-order chi connectivity index (χ1) is 10.9. The highest BCUT2D eigenvalue weighted by molar-refractivity contribution is 6.31. The van der Waals surface area contributed by atoms with Gasteiger partial charge in [0.15, 0.2) is 5.96 Å². The molecule has 0 unspecified atom stereocenters. The Balaban J connectivity index is 2.41. The molecule has 9 heteroatoms. The molecule has 23 heavy (non-hydrogen) atoms. The lowest BCUT2D eigenvalue weighted by atomic mass is 10.3. The largest absolute Gasteiger partial charge is 0.475 e. The van der Waals surface area contributed by atoms with E-state index in [2.05, 4.69) is 27.5 Å². The van der Waals surface area contributed by atoms with Crippen LogP contribution in [0.1, 0.15) is 25.3 Å². The molecule has 5 nitrogen and oxygen atoms in total. The number of pyridine rings is 1. The minimum absolute atomic E-state index is 0.0320.